The van der Waals surface area contributed by atoms with E-state index in [-0.39, 0.29) is 0 Å². The van der Waals surface area contributed by atoms with Gasteiger partial charge in [0.2, 0.25) is 0 Å². The topological polar surface area (TPSA) is 0 Å². The van der Waals surface area contributed by atoms with E-state index >= 15 is 0 Å². The molecule has 0 aromatic heterocycles. The maximum Gasteiger partial charge on any atom is 0.0162 e. The van der Waals surface area contributed by atoms with Crippen LogP contribution in [0.2, 0.25) is 0 Å². The Kier molecular flexibility index (Phi) is 6.81. The molecule has 1 aromatic carbocycles. The number of aryl methyl sites for hydroxylation is 1. The number of halogens is 1. The summed E-state index contributed by atoms with van der Waals surface area (Å²) in [5.74, 6) is 2.82. The van der Waals surface area contributed by atoms with Gasteiger partial charge < -0.3 is 0 Å². The lowest BCUT2D eigenvalue weighted by molar-refractivity contribution is 0.242. The van der Waals surface area contributed by atoms with E-state index in [0.717, 1.165) is 32.0 Å². The molecular formula is C18H28IP. The average molecular weight is 402 g/mol. The highest BCUT2D eigenvalue weighted by atomic mass is 127. The molecule has 1 aliphatic carbocycles. The minimum atomic E-state index is 0.872. The normalized spacial score (nSPS) is 27.6. The van der Waals surface area contributed by atoms with Crippen LogP contribution in [-0.4, -0.2) is 11.8 Å². The van der Waals surface area contributed by atoms with Crippen molar-refractivity contribution < 1.29 is 0 Å². The molecule has 0 nitrogen and oxygen atoms in total. The summed E-state index contributed by atoms with van der Waals surface area (Å²) in [5.41, 5.74) is 2.55. The first-order valence-electron chi connectivity index (χ1n) is 8.04. The Labute approximate surface area is 140 Å². The van der Waals surface area contributed by atoms with Crippen LogP contribution in [0.15, 0.2) is 24.3 Å². The lowest BCUT2D eigenvalue weighted by atomic mass is 9.77. The highest BCUT2D eigenvalue weighted by molar-refractivity contribution is 14.1. The third kappa shape index (κ3) is 4.70. The van der Waals surface area contributed by atoms with Gasteiger partial charge >= 0.3 is 0 Å². The van der Waals surface area contributed by atoms with E-state index in [9.17, 15) is 0 Å². The Morgan fingerprint density at radius 1 is 1.25 bits per heavy atom. The Balaban J connectivity index is 1.86. The van der Waals surface area contributed by atoms with Gasteiger partial charge in [0.15, 0.2) is 0 Å². The van der Waals surface area contributed by atoms with Crippen LogP contribution in [0.4, 0.5) is 0 Å². The molecule has 4 atom stereocenters. The van der Waals surface area contributed by atoms with E-state index in [1.54, 1.807) is 5.56 Å². The molecule has 0 spiro atoms. The number of hydrogen-bond acceptors (Lipinski definition) is 0. The Bertz CT molecular complexity index is 416. The molecular weight excluding hydrogens is 374 g/mol. The van der Waals surface area contributed by atoms with Crippen LogP contribution >= 0.6 is 31.2 Å². The second-order valence-corrected chi connectivity index (χ2v) is 9.54. The van der Waals surface area contributed by atoms with Crippen molar-refractivity contribution in [2.75, 3.05) is 6.16 Å². The Hall–Kier alpha value is 0.380. The summed E-state index contributed by atoms with van der Waals surface area (Å²) >= 11 is 2.48. The highest BCUT2D eigenvalue weighted by Gasteiger charge is 2.30. The van der Waals surface area contributed by atoms with Gasteiger partial charge in [-0.2, -0.15) is 0 Å². The third-order valence-corrected chi connectivity index (χ3v) is 7.56. The summed E-state index contributed by atoms with van der Waals surface area (Å²) in [4.78, 5) is 0. The number of rotatable bonds is 5. The van der Waals surface area contributed by atoms with Crippen LogP contribution in [0, 0.1) is 21.3 Å². The van der Waals surface area contributed by atoms with Crippen molar-refractivity contribution in [3.63, 3.8) is 0 Å². The first-order chi connectivity index (χ1) is 9.58. The smallest absolute Gasteiger partial charge is 0.0162 e. The van der Waals surface area contributed by atoms with Crippen LogP contribution in [0.25, 0.3) is 0 Å². The molecule has 0 heterocycles. The first-order valence-corrected chi connectivity index (χ1v) is 10.4. The third-order valence-electron chi connectivity index (χ3n) is 4.78. The number of benzene rings is 1. The van der Waals surface area contributed by atoms with Crippen molar-refractivity contribution >= 4 is 31.2 Å². The van der Waals surface area contributed by atoms with Gasteiger partial charge in [-0.1, -0.05) is 45.4 Å². The summed E-state index contributed by atoms with van der Waals surface area (Å²) in [5, 5.41) is 0. The SMILES string of the molecule is CC(C)[C@@H]1CC[C@@H](C)C[C@H]1PCCc1ccccc1I. The molecule has 0 amide bonds. The molecule has 1 unspecified atom stereocenters. The van der Waals surface area contributed by atoms with E-state index in [0.29, 0.717) is 0 Å². The molecule has 0 N–H and O–H groups in total. The quantitative estimate of drug-likeness (QED) is 0.420. The van der Waals surface area contributed by atoms with Gasteiger partial charge in [-0.15, -0.1) is 8.58 Å². The van der Waals surface area contributed by atoms with E-state index in [1.165, 1.54) is 35.4 Å². The fourth-order valence-corrected chi connectivity index (χ4v) is 6.40. The lowest BCUT2D eigenvalue weighted by Gasteiger charge is -2.37. The average Bonchev–Trinajstić information content (AvgIpc) is 2.41. The van der Waals surface area contributed by atoms with Crippen molar-refractivity contribution in [1.29, 1.82) is 0 Å². The van der Waals surface area contributed by atoms with E-state index in [1.807, 2.05) is 0 Å². The van der Waals surface area contributed by atoms with E-state index in [2.05, 4.69) is 67.6 Å². The van der Waals surface area contributed by atoms with Crippen LogP contribution in [0.5, 0.6) is 0 Å². The Morgan fingerprint density at radius 2 is 2.00 bits per heavy atom. The standard InChI is InChI=1S/C18H28IP/c1-13(2)16-9-8-14(3)12-18(16)20-11-10-15-6-4-5-7-17(15)19/h4-7,13-14,16,18,20H,8-12H2,1-3H3/t14-,16+,18-/m1/s1. The van der Waals surface area contributed by atoms with Gasteiger partial charge in [0, 0.05) is 3.57 Å². The molecule has 1 saturated carbocycles. The summed E-state index contributed by atoms with van der Waals surface area (Å²) in [6.45, 7) is 7.31. The summed E-state index contributed by atoms with van der Waals surface area (Å²) in [7, 11) is 1.16. The van der Waals surface area contributed by atoms with E-state index in [4.69, 9.17) is 0 Å². The predicted molar refractivity (Wildman–Crippen MR) is 101 cm³/mol. The van der Waals surface area contributed by atoms with Crippen LogP contribution in [-0.2, 0) is 6.42 Å². The molecule has 2 heteroatoms. The Morgan fingerprint density at radius 3 is 2.70 bits per heavy atom. The van der Waals surface area contributed by atoms with Crippen LogP contribution in [0.1, 0.15) is 45.6 Å². The second-order valence-electron chi connectivity index (χ2n) is 6.73. The number of hydrogen-bond donors (Lipinski definition) is 0. The molecule has 0 bridgehead atoms. The minimum absolute atomic E-state index is 0.872. The van der Waals surface area contributed by atoms with Gasteiger partial charge in [-0.05, 0) is 83.1 Å². The molecule has 2 rings (SSSR count). The molecule has 0 saturated heterocycles. The highest BCUT2D eigenvalue weighted by Crippen LogP contribution is 2.43. The van der Waals surface area contributed by atoms with Gasteiger partial charge in [-0.3, -0.25) is 0 Å². The molecule has 1 aromatic rings. The first kappa shape index (κ1) is 16.7. The zero-order chi connectivity index (χ0) is 14.5. The summed E-state index contributed by atoms with van der Waals surface area (Å²) < 4.78 is 1.44. The molecule has 0 radical (unpaired) electrons. The van der Waals surface area contributed by atoms with Crippen LogP contribution in [0.3, 0.4) is 0 Å². The second kappa shape index (κ2) is 8.13. The molecule has 20 heavy (non-hydrogen) atoms. The van der Waals surface area contributed by atoms with E-state index < -0.39 is 0 Å². The fourth-order valence-electron chi connectivity index (χ4n) is 3.53. The maximum absolute atomic E-state index is 2.48. The van der Waals surface area contributed by atoms with Gasteiger partial charge in [0.1, 0.15) is 0 Å². The van der Waals surface area contributed by atoms with Crippen molar-refractivity contribution in [3.8, 4) is 0 Å². The van der Waals surface area contributed by atoms with Gasteiger partial charge in [-0.25, -0.2) is 0 Å². The van der Waals surface area contributed by atoms with Crippen molar-refractivity contribution in [2.24, 2.45) is 17.8 Å². The van der Waals surface area contributed by atoms with Gasteiger partial charge in [0.05, 0.1) is 0 Å². The molecule has 0 aliphatic heterocycles. The van der Waals surface area contributed by atoms with Crippen molar-refractivity contribution in [2.45, 2.75) is 52.1 Å². The van der Waals surface area contributed by atoms with Crippen molar-refractivity contribution in [1.82, 2.24) is 0 Å². The molecule has 112 valence electrons. The largest absolute Gasteiger partial charge is 0.118 e. The predicted octanol–water partition coefficient (Wildman–Crippen LogP) is 5.97. The van der Waals surface area contributed by atoms with Gasteiger partial charge in [0.25, 0.3) is 0 Å². The zero-order valence-electron chi connectivity index (χ0n) is 13.0. The van der Waals surface area contributed by atoms with Crippen molar-refractivity contribution in [3.05, 3.63) is 33.4 Å². The molecule has 1 fully saturated rings. The maximum atomic E-state index is 2.48. The van der Waals surface area contributed by atoms with Crippen LogP contribution < -0.4 is 0 Å². The zero-order valence-corrected chi connectivity index (χ0v) is 16.2. The summed E-state index contributed by atoms with van der Waals surface area (Å²) in [6.07, 6.45) is 7.07. The minimum Gasteiger partial charge on any atom is -0.118 e. The molecule has 1 aliphatic rings. The summed E-state index contributed by atoms with van der Waals surface area (Å²) in [6, 6.07) is 8.86. The fraction of sp³-hybridized carbons (Fsp3) is 0.667. The monoisotopic (exact) mass is 402 g/mol. The lowest BCUT2D eigenvalue weighted by Crippen LogP contribution is -2.29.